The summed E-state index contributed by atoms with van der Waals surface area (Å²) in [7, 11) is 0. The number of benzene rings is 3. The maximum absolute atomic E-state index is 13.1. The Balaban J connectivity index is 2.37. The van der Waals surface area contributed by atoms with Gasteiger partial charge in [-0.1, -0.05) is 0 Å². The van der Waals surface area contributed by atoms with Crippen LogP contribution in [0.5, 0.6) is 0 Å². The number of rotatable bonds is 9. The maximum atomic E-state index is 13.1. The van der Waals surface area contributed by atoms with Gasteiger partial charge in [0, 0.05) is 0 Å². The normalized spacial score (nSPS) is 12.5. The van der Waals surface area contributed by atoms with Gasteiger partial charge in [0.1, 0.15) is 0 Å². The molecule has 3 aromatic rings. The van der Waals surface area contributed by atoms with E-state index >= 15 is 0 Å². The Morgan fingerprint density at radius 2 is 1.13 bits per heavy atom. The molecule has 0 saturated carbocycles. The van der Waals surface area contributed by atoms with E-state index < -0.39 is 18.8 Å². The summed E-state index contributed by atoms with van der Waals surface area (Å²) in [6.45, 7) is -1.59. The second-order valence-corrected chi connectivity index (χ2v) is 11.9. The summed E-state index contributed by atoms with van der Waals surface area (Å²) >= 11 is 0. The van der Waals surface area contributed by atoms with Crippen LogP contribution in [0.2, 0.25) is 0 Å². The summed E-state index contributed by atoms with van der Waals surface area (Å²) in [4.78, 5) is 24.2. The summed E-state index contributed by atoms with van der Waals surface area (Å²) in [5, 5.41) is 12.0. The van der Waals surface area contributed by atoms with Crippen LogP contribution in [0.1, 0.15) is 26.2 Å². The van der Waals surface area contributed by atoms with Crippen molar-refractivity contribution in [2.45, 2.75) is 26.2 Å². The fraction of sp³-hybridized carbons (Fsp3) is 0.200. The minimum absolute atomic E-state index is 0.163. The van der Waals surface area contributed by atoms with Crippen LogP contribution in [-0.4, -0.2) is 23.2 Å². The molecular weight excluding hydrogens is 395 g/mol. The molecule has 0 saturated heterocycles. The first-order chi connectivity index (χ1) is 14.5. The molecule has 0 fully saturated rings. The van der Waals surface area contributed by atoms with Crippen molar-refractivity contribution in [3.8, 4) is 0 Å². The minimum atomic E-state index is -3.67. The Morgan fingerprint density at radius 1 is 0.733 bits per heavy atom. The summed E-state index contributed by atoms with van der Waals surface area (Å²) in [6.07, 6.45) is 1.02. The van der Waals surface area contributed by atoms with E-state index in [0.717, 1.165) is 22.3 Å². The third kappa shape index (κ3) is 3.88. The Kier molecular flexibility index (Phi) is 6.69. The molecule has 0 aliphatic heterocycles. The molecule has 0 atom stereocenters. The van der Waals surface area contributed by atoms with Gasteiger partial charge >= 0.3 is 177 Å². The first-order valence-corrected chi connectivity index (χ1v) is 12.5. The molecule has 1 N–H and O–H groups in total. The van der Waals surface area contributed by atoms with Gasteiger partial charge in [-0.25, -0.2) is 0 Å². The molecule has 0 radical (unpaired) electrons. The molecular formula is C25H27O4P. The topological polar surface area (TPSA) is 63.6 Å². The van der Waals surface area contributed by atoms with Crippen molar-refractivity contribution in [1.82, 2.24) is 0 Å². The molecule has 3 rings (SSSR count). The molecule has 5 heteroatoms. The van der Waals surface area contributed by atoms with Crippen LogP contribution in [0.25, 0.3) is 0 Å². The van der Waals surface area contributed by atoms with Gasteiger partial charge in [0.05, 0.1) is 0 Å². The molecule has 0 bridgehead atoms. The van der Waals surface area contributed by atoms with Crippen molar-refractivity contribution < 1.29 is 19.2 Å². The zero-order chi connectivity index (χ0) is 21.5. The number of carboxylic acids is 1. The van der Waals surface area contributed by atoms with Crippen LogP contribution in [-0.2, 0) is 14.1 Å². The van der Waals surface area contributed by atoms with E-state index in [1.807, 2.05) is 91.0 Å². The Morgan fingerprint density at radius 3 is 1.47 bits per heavy atom. The van der Waals surface area contributed by atoms with Crippen LogP contribution in [0, 0.1) is 0 Å². The average molecular weight is 422 g/mol. The molecule has 0 heterocycles. The van der Waals surface area contributed by atoms with E-state index in [2.05, 4.69) is 6.92 Å². The molecule has 0 aromatic heterocycles. The zero-order valence-electron chi connectivity index (χ0n) is 17.1. The van der Waals surface area contributed by atoms with E-state index in [9.17, 15) is 9.59 Å². The van der Waals surface area contributed by atoms with Gasteiger partial charge in [-0.3, -0.25) is 0 Å². The van der Waals surface area contributed by atoms with Crippen molar-refractivity contribution in [2.24, 2.45) is 0 Å². The van der Waals surface area contributed by atoms with E-state index in [0.29, 0.717) is 6.16 Å². The summed E-state index contributed by atoms with van der Waals surface area (Å²) in [6, 6.07) is 29.8. The zero-order valence-corrected chi connectivity index (χ0v) is 18.0. The SMILES string of the molecule is CCCP(OC(=O)CCC(=O)O)(c1ccccc1)(c1ccccc1)c1ccccc1. The monoisotopic (exact) mass is 422 g/mol. The second kappa shape index (κ2) is 9.23. The number of aliphatic carboxylic acids is 1. The Hall–Kier alpha value is -2.97. The Bertz CT molecular complexity index is 888. The van der Waals surface area contributed by atoms with Gasteiger partial charge < -0.3 is 0 Å². The van der Waals surface area contributed by atoms with Gasteiger partial charge in [0.2, 0.25) is 0 Å². The summed E-state index contributed by atoms with van der Waals surface area (Å²) in [5.41, 5.74) is 0. The number of carboxylic acid groups (broad SMARTS) is 1. The number of carbonyl (C=O) groups excluding carboxylic acids is 1. The van der Waals surface area contributed by atoms with Crippen LogP contribution >= 0.6 is 6.83 Å². The van der Waals surface area contributed by atoms with Gasteiger partial charge in [-0.15, -0.1) is 0 Å². The molecule has 156 valence electrons. The molecule has 0 spiro atoms. The average Bonchev–Trinajstić information content (AvgIpc) is 2.79. The third-order valence-corrected chi connectivity index (χ3v) is 11.5. The molecule has 30 heavy (non-hydrogen) atoms. The fourth-order valence-electron chi connectivity index (χ4n) is 4.17. The van der Waals surface area contributed by atoms with Crippen molar-refractivity contribution in [3.05, 3.63) is 91.0 Å². The van der Waals surface area contributed by atoms with E-state index in [-0.39, 0.29) is 12.8 Å². The molecule has 0 aliphatic carbocycles. The molecule has 0 amide bonds. The summed E-state index contributed by atoms with van der Waals surface area (Å²) in [5.74, 6) is -1.50. The molecule has 0 unspecified atom stereocenters. The second-order valence-electron chi connectivity index (χ2n) is 7.30. The molecule has 4 nitrogen and oxygen atoms in total. The van der Waals surface area contributed by atoms with Crippen molar-refractivity contribution in [1.29, 1.82) is 0 Å². The number of hydrogen-bond acceptors (Lipinski definition) is 3. The van der Waals surface area contributed by atoms with E-state index in [1.54, 1.807) is 0 Å². The first kappa shape index (κ1) is 21.7. The standard InChI is InChI=1S/C25H27O4P/c1-2-20-30(21-12-6-3-7-13-21,22-14-8-4-9-15-22,23-16-10-5-11-17-23)29-25(28)19-18-24(26)27/h3-17H,2,18-20H2,1H3,(H,26,27). The molecule has 3 aromatic carbocycles. The number of carbonyl (C=O) groups is 2. The molecule has 0 aliphatic rings. The third-order valence-electron chi connectivity index (χ3n) is 5.40. The predicted molar refractivity (Wildman–Crippen MR) is 123 cm³/mol. The van der Waals surface area contributed by atoms with Crippen LogP contribution in [0.4, 0.5) is 0 Å². The van der Waals surface area contributed by atoms with Gasteiger partial charge in [0.25, 0.3) is 0 Å². The van der Waals surface area contributed by atoms with Crippen molar-refractivity contribution >= 4 is 34.7 Å². The van der Waals surface area contributed by atoms with Crippen LogP contribution in [0.3, 0.4) is 0 Å². The van der Waals surface area contributed by atoms with Gasteiger partial charge in [-0.2, -0.15) is 0 Å². The predicted octanol–water partition coefficient (Wildman–Crippen LogP) is 4.25. The van der Waals surface area contributed by atoms with Crippen molar-refractivity contribution in [3.63, 3.8) is 0 Å². The van der Waals surface area contributed by atoms with Gasteiger partial charge in [-0.05, 0) is 0 Å². The first-order valence-electron chi connectivity index (χ1n) is 10.2. The summed E-state index contributed by atoms with van der Waals surface area (Å²) < 4.78 is 6.60. The fourth-order valence-corrected chi connectivity index (χ4v) is 10.1. The van der Waals surface area contributed by atoms with Crippen molar-refractivity contribution in [2.75, 3.05) is 6.16 Å². The number of hydrogen-bond donors (Lipinski definition) is 1. The van der Waals surface area contributed by atoms with E-state index in [1.165, 1.54) is 0 Å². The quantitative estimate of drug-likeness (QED) is 0.524. The van der Waals surface area contributed by atoms with E-state index in [4.69, 9.17) is 9.63 Å². The van der Waals surface area contributed by atoms with Crippen LogP contribution < -0.4 is 15.9 Å². The Labute approximate surface area is 177 Å². The van der Waals surface area contributed by atoms with Crippen LogP contribution in [0.15, 0.2) is 91.0 Å². The van der Waals surface area contributed by atoms with Gasteiger partial charge in [0.15, 0.2) is 0 Å².